The molecular formula is C18H17FNNaO5S2. The van der Waals surface area contributed by atoms with E-state index < -0.39 is 20.9 Å². The number of carbonyl (C=O) groups excluding carboxylic acids is 2. The molecule has 0 radical (unpaired) electrons. The Morgan fingerprint density at radius 2 is 1.68 bits per heavy atom. The van der Waals surface area contributed by atoms with Crippen molar-refractivity contribution in [1.29, 1.82) is 0 Å². The van der Waals surface area contributed by atoms with Gasteiger partial charge in [0.15, 0.2) is 5.12 Å². The number of benzene rings is 2. The van der Waals surface area contributed by atoms with E-state index in [-0.39, 0.29) is 52.1 Å². The Morgan fingerprint density at radius 3 is 2.18 bits per heavy atom. The van der Waals surface area contributed by atoms with E-state index in [1.807, 2.05) is 0 Å². The van der Waals surface area contributed by atoms with E-state index in [2.05, 4.69) is 5.32 Å². The van der Waals surface area contributed by atoms with Crippen molar-refractivity contribution in [2.45, 2.75) is 18.2 Å². The summed E-state index contributed by atoms with van der Waals surface area (Å²) in [6.07, 6.45) is 0.305. The monoisotopic (exact) mass is 433 g/mol. The van der Waals surface area contributed by atoms with E-state index in [1.165, 1.54) is 31.2 Å². The number of rotatable bonds is 7. The average Bonchev–Trinajstić information content (AvgIpc) is 2.59. The van der Waals surface area contributed by atoms with Crippen LogP contribution in [-0.4, -0.2) is 29.7 Å². The van der Waals surface area contributed by atoms with Crippen LogP contribution < -0.4 is 34.9 Å². The summed E-state index contributed by atoms with van der Waals surface area (Å²) in [5.74, 6) is -1.07. The maximum atomic E-state index is 13.0. The Balaban J connectivity index is 0.00000392. The Bertz CT molecular complexity index is 918. The van der Waals surface area contributed by atoms with Crippen molar-refractivity contribution >= 4 is 38.6 Å². The topological polar surface area (TPSA) is 103 Å². The number of carbonyl (C=O) groups is 2. The molecule has 0 aliphatic carbocycles. The Hall–Kier alpha value is -1.23. The number of halogens is 1. The van der Waals surface area contributed by atoms with Crippen molar-refractivity contribution in [1.82, 2.24) is 0 Å². The fourth-order valence-electron chi connectivity index (χ4n) is 2.30. The Morgan fingerprint density at radius 1 is 1.11 bits per heavy atom. The third-order valence-corrected chi connectivity index (χ3v) is 5.49. The second-order valence-electron chi connectivity index (χ2n) is 5.80. The molecule has 144 valence electrons. The first-order chi connectivity index (χ1) is 12.6. The fraction of sp³-hybridized carbons (Fsp3) is 0.222. The molecule has 1 amide bonds. The summed E-state index contributed by atoms with van der Waals surface area (Å²) in [7, 11) is -4.56. The molecule has 2 rings (SSSR count). The number of nitrogens with one attached hydrogen (secondary N) is 1. The third kappa shape index (κ3) is 8.02. The quantitative estimate of drug-likeness (QED) is 0.480. The number of thioether (sulfide) groups is 1. The molecular weight excluding hydrogens is 416 g/mol. The molecule has 0 heterocycles. The molecule has 0 saturated carbocycles. The van der Waals surface area contributed by atoms with Crippen LogP contribution in [0, 0.1) is 11.7 Å². The molecule has 0 saturated heterocycles. The van der Waals surface area contributed by atoms with Crippen molar-refractivity contribution in [2.24, 2.45) is 5.92 Å². The Kier molecular flexibility index (Phi) is 9.82. The number of hydrogen-bond acceptors (Lipinski definition) is 6. The zero-order valence-corrected chi connectivity index (χ0v) is 19.0. The molecule has 1 N–H and O–H groups in total. The van der Waals surface area contributed by atoms with Crippen molar-refractivity contribution < 1.29 is 56.5 Å². The van der Waals surface area contributed by atoms with E-state index in [4.69, 9.17) is 0 Å². The zero-order chi connectivity index (χ0) is 20.0. The summed E-state index contributed by atoms with van der Waals surface area (Å²) in [5, 5.41) is 2.51. The van der Waals surface area contributed by atoms with Gasteiger partial charge in [-0.1, -0.05) is 23.9 Å². The first-order valence-corrected chi connectivity index (χ1v) is 10.3. The van der Waals surface area contributed by atoms with E-state index in [1.54, 1.807) is 12.1 Å². The summed E-state index contributed by atoms with van der Waals surface area (Å²) in [6.45, 7) is 1.40. The standard InChI is InChI=1S/C18H18FNO5S2.Na/c1-12(21)26-11-14(10-13-2-4-15(19)5-3-13)18(22)20-16-6-8-17(9-7-16)27(23,24)25;/h2-9,14H,10-11H2,1H3,(H,20,22)(H,23,24,25);/q;+1/p-1. The SMILES string of the molecule is CC(=O)SCC(Cc1ccc(F)cc1)C(=O)Nc1ccc(S(=O)(=O)[O-])cc1.[Na+]. The van der Waals surface area contributed by atoms with Crippen LogP contribution in [0.4, 0.5) is 10.1 Å². The fourth-order valence-corrected chi connectivity index (χ4v) is 3.47. The molecule has 2 aromatic carbocycles. The molecule has 1 unspecified atom stereocenters. The van der Waals surface area contributed by atoms with E-state index >= 15 is 0 Å². The van der Waals surface area contributed by atoms with Gasteiger partial charge in [0.05, 0.1) is 10.8 Å². The van der Waals surface area contributed by atoms with Crippen LogP contribution in [0.2, 0.25) is 0 Å². The minimum absolute atomic E-state index is 0. The second-order valence-corrected chi connectivity index (χ2v) is 8.37. The van der Waals surface area contributed by atoms with E-state index in [9.17, 15) is 27.0 Å². The number of amides is 1. The van der Waals surface area contributed by atoms with Gasteiger partial charge in [-0.25, -0.2) is 12.8 Å². The summed E-state index contributed by atoms with van der Waals surface area (Å²) in [4.78, 5) is 23.4. The summed E-state index contributed by atoms with van der Waals surface area (Å²) < 4.78 is 45.9. The molecule has 0 aromatic heterocycles. The van der Waals surface area contributed by atoms with Crippen LogP contribution in [0.15, 0.2) is 53.4 Å². The van der Waals surface area contributed by atoms with Crippen molar-refractivity contribution in [3.8, 4) is 0 Å². The van der Waals surface area contributed by atoms with Gasteiger partial charge in [0.25, 0.3) is 0 Å². The van der Waals surface area contributed by atoms with E-state index in [0.717, 1.165) is 29.5 Å². The minimum Gasteiger partial charge on any atom is -0.744 e. The normalized spacial score (nSPS) is 12.0. The van der Waals surface area contributed by atoms with Crippen LogP contribution in [0.3, 0.4) is 0 Å². The zero-order valence-electron chi connectivity index (χ0n) is 15.3. The minimum atomic E-state index is -4.56. The smallest absolute Gasteiger partial charge is 0.744 e. The van der Waals surface area contributed by atoms with Crippen molar-refractivity contribution in [3.63, 3.8) is 0 Å². The largest absolute Gasteiger partial charge is 1.00 e. The summed E-state index contributed by atoms with van der Waals surface area (Å²) in [5.41, 5.74) is 1.07. The van der Waals surface area contributed by atoms with Crippen LogP contribution in [-0.2, 0) is 26.1 Å². The van der Waals surface area contributed by atoms with Crippen molar-refractivity contribution in [3.05, 3.63) is 59.9 Å². The molecule has 0 bridgehead atoms. The molecule has 0 aliphatic heterocycles. The van der Waals surface area contributed by atoms with Gasteiger partial charge in [-0.3, -0.25) is 9.59 Å². The van der Waals surface area contributed by atoms with Crippen LogP contribution in [0.1, 0.15) is 12.5 Å². The first-order valence-electron chi connectivity index (χ1n) is 7.90. The number of hydrogen-bond donors (Lipinski definition) is 1. The molecule has 1 atom stereocenters. The molecule has 6 nitrogen and oxygen atoms in total. The first kappa shape index (κ1) is 24.8. The van der Waals surface area contributed by atoms with Gasteiger partial charge in [-0.2, -0.15) is 0 Å². The second kappa shape index (κ2) is 11.1. The maximum absolute atomic E-state index is 13.0. The van der Waals surface area contributed by atoms with Gasteiger partial charge < -0.3 is 9.87 Å². The van der Waals surface area contributed by atoms with Crippen LogP contribution in [0.25, 0.3) is 0 Å². The maximum Gasteiger partial charge on any atom is 1.00 e. The van der Waals surface area contributed by atoms with Gasteiger partial charge in [0.1, 0.15) is 15.9 Å². The van der Waals surface area contributed by atoms with Gasteiger partial charge in [-0.05, 0) is 48.4 Å². The van der Waals surface area contributed by atoms with Crippen LogP contribution in [0.5, 0.6) is 0 Å². The molecule has 0 fully saturated rings. The summed E-state index contributed by atoms with van der Waals surface area (Å²) in [6, 6.07) is 10.6. The average molecular weight is 433 g/mol. The predicted molar refractivity (Wildman–Crippen MR) is 99.8 cm³/mol. The summed E-state index contributed by atoms with van der Waals surface area (Å²) >= 11 is 1.01. The molecule has 0 aliphatic rings. The van der Waals surface area contributed by atoms with Gasteiger partial charge in [0.2, 0.25) is 5.91 Å². The van der Waals surface area contributed by atoms with Gasteiger partial charge in [-0.15, -0.1) is 0 Å². The van der Waals surface area contributed by atoms with Crippen molar-refractivity contribution in [2.75, 3.05) is 11.1 Å². The van der Waals surface area contributed by atoms with Crippen LogP contribution >= 0.6 is 11.8 Å². The molecule has 0 spiro atoms. The molecule has 2 aromatic rings. The van der Waals surface area contributed by atoms with Gasteiger partial charge >= 0.3 is 29.6 Å². The van der Waals surface area contributed by atoms with E-state index in [0.29, 0.717) is 12.1 Å². The molecule has 28 heavy (non-hydrogen) atoms. The molecule has 10 heteroatoms. The van der Waals surface area contributed by atoms with Gasteiger partial charge in [0, 0.05) is 18.4 Å². The predicted octanol–water partition coefficient (Wildman–Crippen LogP) is -0.189. The number of anilines is 1. The Labute approximate surface area is 189 Å². The third-order valence-electron chi connectivity index (χ3n) is 3.66.